The number of likely N-dealkylation sites (tertiary alicyclic amines) is 1. The molecule has 0 radical (unpaired) electrons. The summed E-state index contributed by atoms with van der Waals surface area (Å²) >= 11 is 0. The van der Waals surface area contributed by atoms with Gasteiger partial charge in [-0.1, -0.05) is 25.1 Å². The third-order valence-corrected chi connectivity index (χ3v) is 5.05. The number of amides is 2. The van der Waals surface area contributed by atoms with Gasteiger partial charge in [-0.25, -0.2) is 0 Å². The number of piperidine rings is 1. The lowest BCUT2D eigenvalue weighted by molar-refractivity contribution is -0.150. The monoisotopic (exact) mass is 346 g/mol. The maximum absolute atomic E-state index is 13.0. The van der Waals surface area contributed by atoms with Crippen molar-refractivity contribution in [2.45, 2.75) is 25.8 Å². The summed E-state index contributed by atoms with van der Waals surface area (Å²) in [6.45, 7) is 4.04. The van der Waals surface area contributed by atoms with Crippen molar-refractivity contribution >= 4 is 11.8 Å². The van der Waals surface area contributed by atoms with Gasteiger partial charge in [0.15, 0.2) is 0 Å². The molecule has 6 nitrogen and oxygen atoms in total. The lowest BCUT2D eigenvalue weighted by Crippen LogP contribution is -2.50. The number of methoxy groups -OCH3 is 1. The molecule has 3 rings (SSSR count). The summed E-state index contributed by atoms with van der Waals surface area (Å²) in [6.07, 6.45) is 1.98. The number of ether oxygens (including phenoxy) is 2. The molecule has 0 spiro atoms. The number of para-hydroxylation sites is 1. The van der Waals surface area contributed by atoms with Gasteiger partial charge in [0.2, 0.25) is 11.8 Å². The van der Waals surface area contributed by atoms with Crippen LogP contribution in [0.25, 0.3) is 0 Å². The van der Waals surface area contributed by atoms with E-state index >= 15 is 0 Å². The molecule has 2 aliphatic rings. The second-order valence-corrected chi connectivity index (χ2v) is 6.85. The van der Waals surface area contributed by atoms with Crippen LogP contribution in [0.4, 0.5) is 0 Å². The Bertz CT molecular complexity index is 634. The SMILES string of the molecule is COc1ccccc1C1CCC(C)CN1C(=O)CN1CCOCC1=O. The van der Waals surface area contributed by atoms with E-state index in [9.17, 15) is 9.59 Å². The summed E-state index contributed by atoms with van der Waals surface area (Å²) in [4.78, 5) is 28.5. The molecule has 2 aliphatic heterocycles. The first-order chi connectivity index (χ1) is 12.1. The van der Waals surface area contributed by atoms with Crippen molar-refractivity contribution in [3.63, 3.8) is 0 Å². The number of morpholine rings is 1. The van der Waals surface area contributed by atoms with Crippen LogP contribution in [0.1, 0.15) is 31.4 Å². The fraction of sp³-hybridized carbons (Fsp3) is 0.579. The predicted molar refractivity (Wildman–Crippen MR) is 93.2 cm³/mol. The molecular formula is C19H26N2O4. The largest absolute Gasteiger partial charge is 0.496 e. The molecule has 2 atom stereocenters. The van der Waals surface area contributed by atoms with Gasteiger partial charge in [0, 0.05) is 18.7 Å². The molecule has 0 saturated carbocycles. The summed E-state index contributed by atoms with van der Waals surface area (Å²) in [5.74, 6) is 1.15. The van der Waals surface area contributed by atoms with Crippen LogP contribution in [0.5, 0.6) is 5.75 Å². The molecule has 0 bridgehead atoms. The molecule has 0 aromatic heterocycles. The highest BCUT2D eigenvalue weighted by Gasteiger charge is 2.34. The number of hydrogen-bond donors (Lipinski definition) is 0. The van der Waals surface area contributed by atoms with E-state index in [2.05, 4.69) is 6.92 Å². The Morgan fingerprint density at radius 3 is 2.88 bits per heavy atom. The van der Waals surface area contributed by atoms with Crippen LogP contribution >= 0.6 is 0 Å². The summed E-state index contributed by atoms with van der Waals surface area (Å²) in [5, 5.41) is 0. The summed E-state index contributed by atoms with van der Waals surface area (Å²) in [6, 6.07) is 7.87. The van der Waals surface area contributed by atoms with Crippen LogP contribution < -0.4 is 4.74 Å². The van der Waals surface area contributed by atoms with Gasteiger partial charge >= 0.3 is 0 Å². The maximum atomic E-state index is 13.0. The smallest absolute Gasteiger partial charge is 0.249 e. The van der Waals surface area contributed by atoms with E-state index in [-0.39, 0.29) is 31.0 Å². The van der Waals surface area contributed by atoms with Gasteiger partial charge in [-0.15, -0.1) is 0 Å². The number of carbonyl (C=O) groups excluding carboxylic acids is 2. The Balaban J connectivity index is 1.79. The van der Waals surface area contributed by atoms with Crippen molar-refractivity contribution in [2.75, 3.05) is 40.0 Å². The molecule has 2 unspecified atom stereocenters. The molecule has 2 fully saturated rings. The molecule has 0 aliphatic carbocycles. The minimum Gasteiger partial charge on any atom is -0.496 e. The third-order valence-electron chi connectivity index (χ3n) is 5.05. The minimum absolute atomic E-state index is 0.00212. The van der Waals surface area contributed by atoms with E-state index < -0.39 is 0 Å². The van der Waals surface area contributed by atoms with Crippen molar-refractivity contribution in [1.82, 2.24) is 9.80 Å². The average molecular weight is 346 g/mol. The Morgan fingerprint density at radius 2 is 2.12 bits per heavy atom. The highest BCUT2D eigenvalue weighted by Crippen LogP contribution is 2.37. The van der Waals surface area contributed by atoms with Gasteiger partial charge in [-0.2, -0.15) is 0 Å². The molecule has 2 amide bonds. The highest BCUT2D eigenvalue weighted by molar-refractivity contribution is 5.86. The Hall–Kier alpha value is -2.08. The van der Waals surface area contributed by atoms with Crippen LogP contribution in [-0.4, -0.2) is 61.6 Å². The van der Waals surface area contributed by atoms with Gasteiger partial charge in [0.05, 0.1) is 26.3 Å². The first-order valence-electron chi connectivity index (χ1n) is 8.88. The van der Waals surface area contributed by atoms with E-state index in [1.54, 1.807) is 12.0 Å². The van der Waals surface area contributed by atoms with E-state index in [1.807, 2.05) is 29.2 Å². The van der Waals surface area contributed by atoms with Crippen LogP contribution in [0, 0.1) is 5.92 Å². The van der Waals surface area contributed by atoms with Gasteiger partial charge in [-0.05, 0) is 24.8 Å². The van der Waals surface area contributed by atoms with E-state index in [0.29, 0.717) is 25.6 Å². The average Bonchev–Trinajstić information content (AvgIpc) is 2.63. The molecule has 25 heavy (non-hydrogen) atoms. The molecule has 2 heterocycles. The first-order valence-corrected chi connectivity index (χ1v) is 8.88. The number of nitrogens with zero attached hydrogens (tertiary/aromatic N) is 2. The quantitative estimate of drug-likeness (QED) is 0.835. The summed E-state index contributed by atoms with van der Waals surface area (Å²) in [5.41, 5.74) is 1.04. The zero-order chi connectivity index (χ0) is 17.8. The van der Waals surface area contributed by atoms with Crippen molar-refractivity contribution in [3.05, 3.63) is 29.8 Å². The zero-order valence-electron chi connectivity index (χ0n) is 14.9. The fourth-order valence-corrected chi connectivity index (χ4v) is 3.66. The topological polar surface area (TPSA) is 59.1 Å². The second kappa shape index (κ2) is 7.87. The molecule has 136 valence electrons. The maximum Gasteiger partial charge on any atom is 0.249 e. The Labute approximate surface area is 148 Å². The van der Waals surface area contributed by atoms with Gasteiger partial charge < -0.3 is 19.3 Å². The fourth-order valence-electron chi connectivity index (χ4n) is 3.66. The third kappa shape index (κ3) is 3.95. The van der Waals surface area contributed by atoms with Crippen molar-refractivity contribution < 1.29 is 19.1 Å². The molecule has 2 saturated heterocycles. The van der Waals surface area contributed by atoms with Crippen LogP contribution in [0.15, 0.2) is 24.3 Å². The number of hydrogen-bond acceptors (Lipinski definition) is 4. The highest BCUT2D eigenvalue weighted by atomic mass is 16.5. The second-order valence-electron chi connectivity index (χ2n) is 6.85. The minimum atomic E-state index is -0.113. The zero-order valence-corrected chi connectivity index (χ0v) is 14.9. The standard InChI is InChI=1S/C19H26N2O4/c1-14-7-8-16(15-5-3-4-6-17(15)24-2)21(11-14)18(22)12-20-9-10-25-13-19(20)23/h3-6,14,16H,7-13H2,1-2H3. The van der Waals surface area contributed by atoms with Gasteiger partial charge in [-0.3, -0.25) is 9.59 Å². The molecule has 0 N–H and O–H groups in total. The Morgan fingerprint density at radius 1 is 1.32 bits per heavy atom. The summed E-state index contributed by atoms with van der Waals surface area (Å²) in [7, 11) is 1.66. The number of rotatable bonds is 4. The van der Waals surface area contributed by atoms with Gasteiger partial charge in [0.25, 0.3) is 0 Å². The number of benzene rings is 1. The first kappa shape index (κ1) is 17.7. The van der Waals surface area contributed by atoms with E-state index in [4.69, 9.17) is 9.47 Å². The number of carbonyl (C=O) groups is 2. The molecular weight excluding hydrogens is 320 g/mol. The van der Waals surface area contributed by atoms with Crippen molar-refractivity contribution in [1.29, 1.82) is 0 Å². The van der Waals surface area contributed by atoms with Crippen LogP contribution in [-0.2, 0) is 14.3 Å². The van der Waals surface area contributed by atoms with Crippen LogP contribution in [0.2, 0.25) is 0 Å². The Kier molecular flexibility index (Phi) is 5.58. The molecule has 1 aromatic carbocycles. The lowest BCUT2D eigenvalue weighted by Gasteiger charge is -2.40. The van der Waals surface area contributed by atoms with E-state index in [0.717, 1.165) is 24.2 Å². The van der Waals surface area contributed by atoms with Gasteiger partial charge in [0.1, 0.15) is 12.4 Å². The lowest BCUT2D eigenvalue weighted by atomic mass is 9.89. The van der Waals surface area contributed by atoms with E-state index in [1.165, 1.54) is 0 Å². The van der Waals surface area contributed by atoms with Crippen molar-refractivity contribution in [3.8, 4) is 5.75 Å². The molecule has 6 heteroatoms. The van der Waals surface area contributed by atoms with Crippen molar-refractivity contribution in [2.24, 2.45) is 5.92 Å². The normalized spacial score (nSPS) is 24.3. The summed E-state index contributed by atoms with van der Waals surface area (Å²) < 4.78 is 10.6. The van der Waals surface area contributed by atoms with Crippen LogP contribution in [0.3, 0.4) is 0 Å². The molecule has 1 aromatic rings. The predicted octanol–water partition coefficient (Wildman–Crippen LogP) is 1.85.